The highest BCUT2D eigenvalue weighted by molar-refractivity contribution is 5.94. The van der Waals surface area contributed by atoms with Gasteiger partial charge >= 0.3 is 5.97 Å². The summed E-state index contributed by atoms with van der Waals surface area (Å²) in [5.41, 5.74) is 0.824. The predicted molar refractivity (Wildman–Crippen MR) is 61.6 cm³/mol. The number of rotatable bonds is 2. The zero-order chi connectivity index (χ0) is 13.3. The molecule has 1 aromatic carbocycles. The summed E-state index contributed by atoms with van der Waals surface area (Å²) in [4.78, 5) is 28.0. The first-order valence-corrected chi connectivity index (χ1v) is 5.36. The van der Waals surface area contributed by atoms with E-state index in [4.69, 9.17) is 4.84 Å². The number of anilines is 1. The highest BCUT2D eigenvalue weighted by Gasteiger charge is 2.40. The minimum Gasteiger partial charge on any atom is -0.465 e. The normalized spacial score (nSPS) is 23.3. The largest absolute Gasteiger partial charge is 0.465 e. The van der Waals surface area contributed by atoms with Gasteiger partial charge in [0.05, 0.1) is 24.8 Å². The first-order chi connectivity index (χ1) is 8.43. The van der Waals surface area contributed by atoms with Gasteiger partial charge in [-0.15, -0.1) is 0 Å². The van der Waals surface area contributed by atoms with Crippen molar-refractivity contribution in [2.24, 2.45) is 0 Å². The number of carbonyl (C=O) groups excluding carboxylic acids is 2. The van der Waals surface area contributed by atoms with Crippen molar-refractivity contribution >= 4 is 17.6 Å². The van der Waals surface area contributed by atoms with E-state index in [9.17, 15) is 14.7 Å². The van der Waals surface area contributed by atoms with Gasteiger partial charge in [0.2, 0.25) is 0 Å². The molecule has 1 saturated heterocycles. The number of hydrogen-bond donors (Lipinski definition) is 1. The molecule has 0 aromatic heterocycles. The molecule has 1 heterocycles. The Hall–Kier alpha value is -1.92. The van der Waals surface area contributed by atoms with Crippen LogP contribution in [0.5, 0.6) is 0 Å². The van der Waals surface area contributed by atoms with E-state index in [2.05, 4.69) is 4.74 Å². The van der Waals surface area contributed by atoms with E-state index in [1.54, 1.807) is 12.1 Å². The van der Waals surface area contributed by atoms with E-state index in [0.29, 0.717) is 11.3 Å². The maximum absolute atomic E-state index is 11.6. The lowest BCUT2D eigenvalue weighted by atomic mass is 10.2. The molecule has 0 aliphatic carbocycles. The van der Waals surface area contributed by atoms with Gasteiger partial charge < -0.3 is 9.84 Å². The highest BCUT2D eigenvalue weighted by atomic mass is 16.8. The lowest BCUT2D eigenvalue weighted by Crippen LogP contribution is -2.27. The molecule has 6 nitrogen and oxygen atoms in total. The minimum absolute atomic E-state index is 0.105. The molecule has 1 unspecified atom stereocenters. The fourth-order valence-corrected chi connectivity index (χ4v) is 1.68. The number of benzene rings is 1. The van der Waals surface area contributed by atoms with Crippen LogP contribution in [0.3, 0.4) is 0 Å². The number of methoxy groups -OCH3 is 1. The van der Waals surface area contributed by atoms with Gasteiger partial charge in [-0.05, 0) is 31.2 Å². The molecule has 1 atom stereocenters. The standard InChI is InChI=1S/C12H13NO5/c1-12(16)7-10(14)13(18-12)9-5-3-8(4-6-9)11(15)17-2/h3-6,16H,7H2,1-2H3. The van der Waals surface area contributed by atoms with E-state index in [1.165, 1.54) is 26.2 Å². The Morgan fingerprint density at radius 1 is 1.44 bits per heavy atom. The van der Waals surface area contributed by atoms with Crippen molar-refractivity contribution < 1.29 is 24.3 Å². The van der Waals surface area contributed by atoms with Crippen LogP contribution < -0.4 is 5.06 Å². The summed E-state index contributed by atoms with van der Waals surface area (Å²) in [6.45, 7) is 1.41. The van der Waals surface area contributed by atoms with Crippen molar-refractivity contribution in [3.8, 4) is 0 Å². The summed E-state index contributed by atoms with van der Waals surface area (Å²) >= 11 is 0. The van der Waals surface area contributed by atoms with Crippen molar-refractivity contribution in [1.82, 2.24) is 0 Å². The van der Waals surface area contributed by atoms with Gasteiger partial charge in [-0.2, -0.15) is 5.06 Å². The molecule has 1 aliphatic heterocycles. The molecule has 0 saturated carbocycles. The molecule has 18 heavy (non-hydrogen) atoms. The fraction of sp³-hybridized carbons (Fsp3) is 0.333. The predicted octanol–water partition coefficient (Wildman–Crippen LogP) is 0.850. The number of nitrogens with zero attached hydrogens (tertiary/aromatic N) is 1. The monoisotopic (exact) mass is 251 g/mol. The maximum Gasteiger partial charge on any atom is 0.337 e. The Kier molecular flexibility index (Phi) is 3.06. The first-order valence-electron chi connectivity index (χ1n) is 5.36. The van der Waals surface area contributed by atoms with E-state index < -0.39 is 11.8 Å². The Labute approximate surface area is 104 Å². The first kappa shape index (κ1) is 12.5. The zero-order valence-electron chi connectivity index (χ0n) is 10.0. The second-order valence-electron chi connectivity index (χ2n) is 4.17. The van der Waals surface area contributed by atoms with Crippen molar-refractivity contribution in [3.63, 3.8) is 0 Å². The maximum atomic E-state index is 11.6. The van der Waals surface area contributed by atoms with Crippen molar-refractivity contribution in [1.29, 1.82) is 0 Å². The topological polar surface area (TPSA) is 76.1 Å². The Balaban J connectivity index is 2.20. The number of hydrogen-bond acceptors (Lipinski definition) is 5. The SMILES string of the molecule is COC(=O)c1ccc(N2OC(C)(O)CC2=O)cc1. The van der Waals surface area contributed by atoms with Crippen LogP contribution in [0.4, 0.5) is 5.69 Å². The second kappa shape index (κ2) is 4.40. The van der Waals surface area contributed by atoms with Crippen LogP contribution in [-0.2, 0) is 14.4 Å². The van der Waals surface area contributed by atoms with Gasteiger partial charge in [-0.3, -0.25) is 4.79 Å². The third-order valence-electron chi connectivity index (χ3n) is 2.52. The number of aliphatic hydroxyl groups is 1. The third-order valence-corrected chi connectivity index (χ3v) is 2.52. The van der Waals surface area contributed by atoms with Gasteiger partial charge in [-0.1, -0.05) is 0 Å². The number of hydroxylamine groups is 1. The smallest absolute Gasteiger partial charge is 0.337 e. The summed E-state index contributed by atoms with van der Waals surface area (Å²) < 4.78 is 4.57. The van der Waals surface area contributed by atoms with Crippen LogP contribution in [0.1, 0.15) is 23.7 Å². The number of amides is 1. The third kappa shape index (κ3) is 2.34. The molecule has 1 aliphatic rings. The second-order valence-corrected chi connectivity index (χ2v) is 4.17. The molecular weight excluding hydrogens is 238 g/mol. The Morgan fingerprint density at radius 3 is 2.50 bits per heavy atom. The number of esters is 1. The lowest BCUT2D eigenvalue weighted by Gasteiger charge is -2.18. The van der Waals surface area contributed by atoms with E-state index in [1.807, 2.05) is 0 Å². The van der Waals surface area contributed by atoms with Crippen LogP contribution in [-0.4, -0.2) is 29.9 Å². The minimum atomic E-state index is -1.49. The van der Waals surface area contributed by atoms with Gasteiger partial charge in [0.1, 0.15) is 0 Å². The highest BCUT2D eigenvalue weighted by Crippen LogP contribution is 2.29. The quantitative estimate of drug-likeness (QED) is 0.788. The molecule has 6 heteroatoms. The molecule has 2 rings (SSSR count). The molecular formula is C12H13NO5. The van der Waals surface area contributed by atoms with E-state index in [-0.39, 0.29) is 12.3 Å². The Morgan fingerprint density at radius 2 is 2.06 bits per heavy atom. The van der Waals surface area contributed by atoms with Crippen LogP contribution in [0.2, 0.25) is 0 Å². The summed E-state index contributed by atoms with van der Waals surface area (Å²) in [7, 11) is 1.29. The fourth-order valence-electron chi connectivity index (χ4n) is 1.68. The summed E-state index contributed by atoms with van der Waals surface area (Å²) in [5, 5.41) is 10.6. The molecule has 0 spiro atoms. The lowest BCUT2D eigenvalue weighted by molar-refractivity contribution is -0.163. The van der Waals surface area contributed by atoms with Crippen molar-refractivity contribution in [3.05, 3.63) is 29.8 Å². The van der Waals surface area contributed by atoms with Crippen LogP contribution in [0.25, 0.3) is 0 Å². The van der Waals surface area contributed by atoms with E-state index >= 15 is 0 Å². The molecule has 1 N–H and O–H groups in total. The zero-order valence-corrected chi connectivity index (χ0v) is 10.0. The van der Waals surface area contributed by atoms with Gasteiger partial charge in [0.25, 0.3) is 5.91 Å². The van der Waals surface area contributed by atoms with Crippen molar-refractivity contribution in [2.45, 2.75) is 19.1 Å². The molecule has 1 aromatic rings. The average molecular weight is 251 g/mol. The molecule has 96 valence electrons. The van der Waals surface area contributed by atoms with E-state index in [0.717, 1.165) is 5.06 Å². The average Bonchev–Trinajstić information content (AvgIpc) is 2.62. The molecule has 0 radical (unpaired) electrons. The number of carbonyl (C=O) groups is 2. The summed E-state index contributed by atoms with van der Waals surface area (Å²) in [6, 6.07) is 6.13. The molecule has 1 fully saturated rings. The van der Waals surface area contributed by atoms with Crippen LogP contribution in [0, 0.1) is 0 Å². The van der Waals surface area contributed by atoms with Crippen LogP contribution >= 0.6 is 0 Å². The Bertz CT molecular complexity index is 480. The van der Waals surface area contributed by atoms with Gasteiger partial charge in [0, 0.05) is 0 Å². The molecule has 0 bridgehead atoms. The van der Waals surface area contributed by atoms with Crippen molar-refractivity contribution in [2.75, 3.05) is 12.2 Å². The van der Waals surface area contributed by atoms with Gasteiger partial charge in [-0.25, -0.2) is 9.63 Å². The summed E-state index contributed by atoms with van der Waals surface area (Å²) in [5.74, 6) is -2.29. The number of ether oxygens (including phenoxy) is 1. The van der Waals surface area contributed by atoms with Crippen LogP contribution in [0.15, 0.2) is 24.3 Å². The van der Waals surface area contributed by atoms with Gasteiger partial charge in [0.15, 0.2) is 5.79 Å². The summed E-state index contributed by atoms with van der Waals surface area (Å²) in [6.07, 6.45) is -0.105. The molecule has 1 amide bonds.